The SMILES string of the molecule is CCCNC(C)c1ccc(-c2ccc(Br)c(F)c2)s1. The van der Waals surface area contributed by atoms with Crippen molar-refractivity contribution < 1.29 is 4.39 Å². The van der Waals surface area contributed by atoms with Gasteiger partial charge in [-0.05, 0) is 65.6 Å². The van der Waals surface area contributed by atoms with Crippen LogP contribution in [0.15, 0.2) is 34.8 Å². The van der Waals surface area contributed by atoms with Crippen LogP contribution in [0.25, 0.3) is 10.4 Å². The number of hydrogen-bond acceptors (Lipinski definition) is 2. The van der Waals surface area contributed by atoms with E-state index in [1.54, 1.807) is 23.5 Å². The minimum Gasteiger partial charge on any atom is -0.309 e. The zero-order valence-electron chi connectivity index (χ0n) is 11.0. The minimum absolute atomic E-state index is 0.218. The number of nitrogens with one attached hydrogen (secondary N) is 1. The average Bonchev–Trinajstić information content (AvgIpc) is 2.89. The van der Waals surface area contributed by atoms with Crippen LogP contribution in [0.3, 0.4) is 0 Å². The molecule has 1 N–H and O–H groups in total. The zero-order chi connectivity index (χ0) is 13.8. The van der Waals surface area contributed by atoms with E-state index in [2.05, 4.69) is 47.2 Å². The van der Waals surface area contributed by atoms with Gasteiger partial charge in [-0.15, -0.1) is 11.3 Å². The molecule has 1 heterocycles. The monoisotopic (exact) mass is 341 g/mol. The summed E-state index contributed by atoms with van der Waals surface area (Å²) in [5.74, 6) is -0.218. The molecule has 1 aromatic heterocycles. The Morgan fingerprint density at radius 3 is 2.79 bits per heavy atom. The van der Waals surface area contributed by atoms with Gasteiger partial charge in [0.2, 0.25) is 0 Å². The number of rotatable bonds is 5. The third-order valence-corrected chi connectivity index (χ3v) is 4.92. The van der Waals surface area contributed by atoms with Gasteiger partial charge in [0.15, 0.2) is 0 Å². The lowest BCUT2D eigenvalue weighted by molar-refractivity contribution is 0.578. The van der Waals surface area contributed by atoms with Gasteiger partial charge in [0.05, 0.1) is 4.47 Å². The molecule has 0 saturated carbocycles. The van der Waals surface area contributed by atoms with Crippen molar-refractivity contribution in [3.63, 3.8) is 0 Å². The van der Waals surface area contributed by atoms with Crippen molar-refractivity contribution in [1.82, 2.24) is 5.32 Å². The maximum atomic E-state index is 13.5. The van der Waals surface area contributed by atoms with Gasteiger partial charge >= 0.3 is 0 Å². The summed E-state index contributed by atoms with van der Waals surface area (Å²) in [6.45, 7) is 5.33. The van der Waals surface area contributed by atoms with Crippen LogP contribution in [-0.4, -0.2) is 6.54 Å². The molecule has 0 aliphatic rings. The maximum absolute atomic E-state index is 13.5. The minimum atomic E-state index is -0.218. The number of hydrogen-bond donors (Lipinski definition) is 1. The molecule has 0 saturated heterocycles. The highest BCUT2D eigenvalue weighted by molar-refractivity contribution is 9.10. The molecule has 0 bridgehead atoms. The van der Waals surface area contributed by atoms with Crippen LogP contribution in [0.5, 0.6) is 0 Å². The first kappa shape index (κ1) is 14.7. The third kappa shape index (κ3) is 3.65. The molecule has 0 radical (unpaired) electrons. The Morgan fingerprint density at radius 1 is 1.32 bits per heavy atom. The van der Waals surface area contributed by atoms with Crippen molar-refractivity contribution in [3.8, 4) is 10.4 Å². The molecule has 1 unspecified atom stereocenters. The smallest absolute Gasteiger partial charge is 0.138 e. The lowest BCUT2D eigenvalue weighted by atomic mass is 10.2. The standard InChI is InChI=1S/C15H17BrFNS/c1-3-8-18-10(2)14-6-7-15(19-14)11-4-5-12(16)13(17)9-11/h4-7,9-10,18H,3,8H2,1-2H3. The van der Waals surface area contributed by atoms with Crippen molar-refractivity contribution >= 4 is 27.3 Å². The molecule has 4 heteroatoms. The summed E-state index contributed by atoms with van der Waals surface area (Å²) in [6, 6.07) is 9.79. The highest BCUT2D eigenvalue weighted by atomic mass is 79.9. The van der Waals surface area contributed by atoms with E-state index in [0.717, 1.165) is 23.4 Å². The molecular formula is C15H17BrFNS. The van der Waals surface area contributed by atoms with E-state index < -0.39 is 0 Å². The molecule has 19 heavy (non-hydrogen) atoms. The highest BCUT2D eigenvalue weighted by Crippen LogP contribution is 2.32. The van der Waals surface area contributed by atoms with E-state index in [9.17, 15) is 4.39 Å². The van der Waals surface area contributed by atoms with Crippen LogP contribution in [0.1, 0.15) is 31.2 Å². The van der Waals surface area contributed by atoms with Crippen molar-refractivity contribution in [2.75, 3.05) is 6.54 Å². The Hall–Kier alpha value is -0.710. The Morgan fingerprint density at radius 2 is 2.11 bits per heavy atom. The molecule has 0 fully saturated rings. The predicted octanol–water partition coefficient (Wildman–Crippen LogP) is 5.38. The summed E-state index contributed by atoms with van der Waals surface area (Å²) in [6.07, 6.45) is 1.13. The van der Waals surface area contributed by atoms with Crippen LogP contribution in [0.4, 0.5) is 4.39 Å². The lowest BCUT2D eigenvalue weighted by Gasteiger charge is -2.10. The van der Waals surface area contributed by atoms with Crippen LogP contribution >= 0.6 is 27.3 Å². The topological polar surface area (TPSA) is 12.0 Å². The van der Waals surface area contributed by atoms with Crippen molar-refractivity contribution in [2.45, 2.75) is 26.3 Å². The third-order valence-electron chi connectivity index (χ3n) is 2.96. The van der Waals surface area contributed by atoms with Gasteiger partial charge in [-0.1, -0.05) is 13.0 Å². The fourth-order valence-electron chi connectivity index (χ4n) is 1.85. The van der Waals surface area contributed by atoms with Gasteiger partial charge in [0, 0.05) is 15.8 Å². The first-order chi connectivity index (χ1) is 9.11. The Kier molecular flexibility index (Phi) is 5.13. The van der Waals surface area contributed by atoms with Crippen LogP contribution in [0.2, 0.25) is 0 Å². The second-order valence-corrected chi connectivity index (χ2v) is 6.48. The molecule has 0 spiro atoms. The largest absolute Gasteiger partial charge is 0.309 e. The molecule has 102 valence electrons. The molecule has 1 nitrogen and oxygen atoms in total. The summed E-state index contributed by atoms with van der Waals surface area (Å²) in [5, 5.41) is 3.46. The van der Waals surface area contributed by atoms with E-state index in [1.807, 2.05) is 6.07 Å². The van der Waals surface area contributed by atoms with E-state index in [-0.39, 0.29) is 5.82 Å². The summed E-state index contributed by atoms with van der Waals surface area (Å²) < 4.78 is 14.0. The molecule has 2 rings (SSSR count). The fourth-order valence-corrected chi connectivity index (χ4v) is 3.13. The quantitative estimate of drug-likeness (QED) is 0.769. The Labute approximate surface area is 126 Å². The van der Waals surface area contributed by atoms with Gasteiger partial charge < -0.3 is 5.32 Å². The Balaban J connectivity index is 2.18. The normalized spacial score (nSPS) is 12.6. The number of halogens is 2. The molecule has 0 aliphatic carbocycles. The molecule has 1 atom stereocenters. The number of thiophene rings is 1. The molecular weight excluding hydrogens is 325 g/mol. The number of benzene rings is 1. The van der Waals surface area contributed by atoms with Gasteiger partial charge in [-0.2, -0.15) is 0 Å². The first-order valence-electron chi connectivity index (χ1n) is 6.40. The van der Waals surface area contributed by atoms with Crippen molar-refractivity contribution in [1.29, 1.82) is 0 Å². The molecule has 1 aromatic carbocycles. The fraction of sp³-hybridized carbons (Fsp3) is 0.333. The van der Waals surface area contributed by atoms with E-state index in [1.165, 1.54) is 4.88 Å². The van der Waals surface area contributed by atoms with Crippen LogP contribution < -0.4 is 5.32 Å². The van der Waals surface area contributed by atoms with Gasteiger partial charge in [-0.3, -0.25) is 0 Å². The summed E-state index contributed by atoms with van der Waals surface area (Å²) in [7, 11) is 0. The molecule has 0 aliphatic heterocycles. The lowest BCUT2D eigenvalue weighted by Crippen LogP contribution is -2.18. The van der Waals surface area contributed by atoms with E-state index in [4.69, 9.17) is 0 Å². The molecule has 0 amide bonds. The summed E-state index contributed by atoms with van der Waals surface area (Å²) in [4.78, 5) is 2.39. The second-order valence-electron chi connectivity index (χ2n) is 4.51. The predicted molar refractivity (Wildman–Crippen MR) is 84.1 cm³/mol. The van der Waals surface area contributed by atoms with Crippen molar-refractivity contribution in [3.05, 3.63) is 45.5 Å². The molecule has 2 aromatic rings. The highest BCUT2D eigenvalue weighted by Gasteiger charge is 2.10. The zero-order valence-corrected chi connectivity index (χ0v) is 13.4. The Bertz CT molecular complexity index is 553. The maximum Gasteiger partial charge on any atom is 0.138 e. The first-order valence-corrected chi connectivity index (χ1v) is 8.01. The van der Waals surface area contributed by atoms with Gasteiger partial charge in [-0.25, -0.2) is 4.39 Å². The average molecular weight is 342 g/mol. The summed E-state index contributed by atoms with van der Waals surface area (Å²) in [5.41, 5.74) is 0.930. The van der Waals surface area contributed by atoms with Gasteiger partial charge in [0.25, 0.3) is 0 Å². The summed E-state index contributed by atoms with van der Waals surface area (Å²) >= 11 is 4.89. The van der Waals surface area contributed by atoms with Crippen LogP contribution in [-0.2, 0) is 0 Å². The van der Waals surface area contributed by atoms with E-state index in [0.29, 0.717) is 10.5 Å². The van der Waals surface area contributed by atoms with Crippen LogP contribution in [0, 0.1) is 5.82 Å². The van der Waals surface area contributed by atoms with E-state index >= 15 is 0 Å². The van der Waals surface area contributed by atoms with Gasteiger partial charge in [0.1, 0.15) is 5.82 Å². The van der Waals surface area contributed by atoms with Crippen molar-refractivity contribution in [2.24, 2.45) is 0 Å². The second kappa shape index (κ2) is 6.64.